The van der Waals surface area contributed by atoms with Crippen LogP contribution in [-0.2, 0) is 12.8 Å². The standard InChI is InChI=1S/C22H21N/c1-2-8-21-17(5-1)9-10-18(21)13-16-14-19-6-3-11-23-12-4-7-20(15-16)22(19)23/h1-2,5,8-10,13-15H,3-4,6-7,11-12H2/b18-13-. The second-order valence-electron chi connectivity index (χ2n) is 6.90. The van der Waals surface area contributed by atoms with Crippen LogP contribution in [0.1, 0.15) is 40.7 Å². The van der Waals surface area contributed by atoms with Crippen molar-refractivity contribution in [1.82, 2.24) is 0 Å². The van der Waals surface area contributed by atoms with Crippen LogP contribution in [0.4, 0.5) is 5.69 Å². The molecule has 0 fully saturated rings. The smallest absolute Gasteiger partial charge is 0.0431 e. The molecular weight excluding hydrogens is 278 g/mol. The van der Waals surface area contributed by atoms with Gasteiger partial charge in [-0.05, 0) is 77.3 Å². The first-order valence-electron chi connectivity index (χ1n) is 8.78. The summed E-state index contributed by atoms with van der Waals surface area (Å²) in [5.41, 5.74) is 10.1. The highest BCUT2D eigenvalue weighted by Crippen LogP contribution is 2.37. The topological polar surface area (TPSA) is 3.24 Å². The van der Waals surface area contributed by atoms with Gasteiger partial charge in [0.1, 0.15) is 0 Å². The molecule has 3 aliphatic rings. The van der Waals surface area contributed by atoms with Crippen LogP contribution in [0, 0.1) is 0 Å². The summed E-state index contributed by atoms with van der Waals surface area (Å²) in [5.74, 6) is 0. The molecule has 0 saturated carbocycles. The van der Waals surface area contributed by atoms with Crippen molar-refractivity contribution in [3.8, 4) is 0 Å². The van der Waals surface area contributed by atoms with E-state index in [1.54, 1.807) is 16.8 Å². The second kappa shape index (κ2) is 5.13. The van der Waals surface area contributed by atoms with Crippen LogP contribution in [0.3, 0.4) is 0 Å². The van der Waals surface area contributed by atoms with Gasteiger partial charge in [0.25, 0.3) is 0 Å². The first kappa shape index (κ1) is 13.2. The summed E-state index contributed by atoms with van der Waals surface area (Å²) >= 11 is 0. The summed E-state index contributed by atoms with van der Waals surface area (Å²) in [6, 6.07) is 13.5. The van der Waals surface area contributed by atoms with Gasteiger partial charge in [-0.25, -0.2) is 0 Å². The van der Waals surface area contributed by atoms with E-state index in [9.17, 15) is 0 Å². The highest BCUT2D eigenvalue weighted by Gasteiger charge is 2.24. The SMILES string of the molecule is C1=Cc2ccccc2/C1=C\c1cc2c3c(c1)CCCN3CCC2. The van der Waals surface area contributed by atoms with Gasteiger partial charge < -0.3 is 4.90 Å². The fourth-order valence-corrected chi connectivity index (χ4v) is 4.39. The van der Waals surface area contributed by atoms with E-state index >= 15 is 0 Å². The van der Waals surface area contributed by atoms with E-state index in [4.69, 9.17) is 0 Å². The Balaban J connectivity index is 1.61. The molecule has 0 saturated heterocycles. The van der Waals surface area contributed by atoms with Crippen molar-refractivity contribution in [3.05, 3.63) is 70.3 Å². The number of rotatable bonds is 1. The Labute approximate surface area is 138 Å². The predicted octanol–water partition coefficient (Wildman–Crippen LogP) is 4.95. The van der Waals surface area contributed by atoms with Gasteiger partial charge in [0.2, 0.25) is 0 Å². The summed E-state index contributed by atoms with van der Waals surface area (Å²) in [6.07, 6.45) is 11.9. The van der Waals surface area contributed by atoms with Crippen molar-refractivity contribution in [1.29, 1.82) is 0 Å². The van der Waals surface area contributed by atoms with Crippen LogP contribution in [0.2, 0.25) is 0 Å². The Hall–Kier alpha value is -2.28. The lowest BCUT2D eigenvalue weighted by Gasteiger charge is -2.37. The van der Waals surface area contributed by atoms with Crippen molar-refractivity contribution >= 4 is 23.4 Å². The largest absolute Gasteiger partial charge is 0.371 e. The first-order valence-corrected chi connectivity index (χ1v) is 8.78. The quantitative estimate of drug-likeness (QED) is 0.720. The maximum atomic E-state index is 2.61. The zero-order chi connectivity index (χ0) is 15.2. The Bertz CT molecular complexity index is 810. The average Bonchev–Trinajstić information content (AvgIpc) is 2.99. The van der Waals surface area contributed by atoms with Crippen LogP contribution in [-0.4, -0.2) is 13.1 Å². The third-order valence-electron chi connectivity index (χ3n) is 5.39. The van der Waals surface area contributed by atoms with Gasteiger partial charge in [0.05, 0.1) is 0 Å². The molecule has 2 aromatic carbocycles. The van der Waals surface area contributed by atoms with Crippen molar-refractivity contribution in [2.24, 2.45) is 0 Å². The van der Waals surface area contributed by atoms with Gasteiger partial charge in [0, 0.05) is 18.8 Å². The minimum atomic E-state index is 1.24. The molecule has 0 amide bonds. The summed E-state index contributed by atoms with van der Waals surface area (Å²) in [5, 5.41) is 0. The van der Waals surface area contributed by atoms with Crippen molar-refractivity contribution in [2.45, 2.75) is 25.7 Å². The van der Waals surface area contributed by atoms with Gasteiger partial charge in [-0.1, -0.05) is 36.4 Å². The molecule has 1 nitrogen and oxygen atoms in total. The zero-order valence-electron chi connectivity index (χ0n) is 13.4. The number of aryl methyl sites for hydroxylation is 2. The van der Waals surface area contributed by atoms with E-state index in [1.165, 1.54) is 61.0 Å². The number of anilines is 1. The predicted molar refractivity (Wildman–Crippen MR) is 98.6 cm³/mol. The highest BCUT2D eigenvalue weighted by atomic mass is 15.1. The number of hydrogen-bond acceptors (Lipinski definition) is 1. The summed E-state index contributed by atoms with van der Waals surface area (Å²) in [6.45, 7) is 2.49. The fraction of sp³-hybridized carbons (Fsp3) is 0.273. The molecule has 0 radical (unpaired) electrons. The lowest BCUT2D eigenvalue weighted by Crippen LogP contribution is -2.34. The molecule has 1 heteroatoms. The average molecular weight is 299 g/mol. The van der Waals surface area contributed by atoms with Gasteiger partial charge in [-0.2, -0.15) is 0 Å². The number of benzene rings is 2. The minimum Gasteiger partial charge on any atom is -0.371 e. The Morgan fingerprint density at radius 3 is 2.39 bits per heavy atom. The molecular formula is C22H21N. The van der Waals surface area contributed by atoms with Crippen molar-refractivity contribution in [3.63, 3.8) is 0 Å². The van der Waals surface area contributed by atoms with Gasteiger partial charge >= 0.3 is 0 Å². The van der Waals surface area contributed by atoms with Crippen LogP contribution >= 0.6 is 0 Å². The molecule has 114 valence electrons. The molecule has 0 spiro atoms. The molecule has 5 rings (SSSR count). The Morgan fingerprint density at radius 2 is 1.61 bits per heavy atom. The second-order valence-corrected chi connectivity index (χ2v) is 6.90. The first-order chi connectivity index (χ1) is 11.4. The molecule has 0 unspecified atom stereocenters. The molecule has 2 aliphatic heterocycles. The minimum absolute atomic E-state index is 1.24. The van der Waals surface area contributed by atoms with E-state index in [0.717, 1.165) is 0 Å². The summed E-state index contributed by atoms with van der Waals surface area (Å²) in [4.78, 5) is 2.61. The van der Waals surface area contributed by atoms with Crippen LogP contribution in [0.25, 0.3) is 17.7 Å². The summed E-state index contributed by atoms with van der Waals surface area (Å²) < 4.78 is 0. The van der Waals surface area contributed by atoms with Crippen LogP contribution in [0.5, 0.6) is 0 Å². The lowest BCUT2D eigenvalue weighted by molar-refractivity contribution is 0.634. The third-order valence-corrected chi connectivity index (χ3v) is 5.39. The summed E-state index contributed by atoms with van der Waals surface area (Å²) in [7, 11) is 0. The van der Waals surface area contributed by atoms with Gasteiger partial charge in [-0.15, -0.1) is 0 Å². The van der Waals surface area contributed by atoms with Crippen molar-refractivity contribution < 1.29 is 0 Å². The molecule has 0 bridgehead atoms. The molecule has 2 aromatic rings. The van der Waals surface area contributed by atoms with Crippen LogP contribution in [0.15, 0.2) is 42.5 Å². The fourth-order valence-electron chi connectivity index (χ4n) is 4.39. The van der Waals surface area contributed by atoms with E-state index in [2.05, 4.69) is 59.5 Å². The maximum absolute atomic E-state index is 2.61. The highest BCUT2D eigenvalue weighted by molar-refractivity contribution is 5.97. The molecule has 0 atom stereocenters. The molecule has 0 N–H and O–H groups in total. The Kier molecular flexibility index (Phi) is 2.94. The molecule has 23 heavy (non-hydrogen) atoms. The maximum Gasteiger partial charge on any atom is 0.0431 e. The number of nitrogens with zero attached hydrogens (tertiary/aromatic N) is 1. The van der Waals surface area contributed by atoms with Crippen molar-refractivity contribution in [2.75, 3.05) is 18.0 Å². The van der Waals surface area contributed by atoms with E-state index in [1.807, 2.05) is 0 Å². The lowest BCUT2D eigenvalue weighted by atomic mass is 9.89. The molecule has 1 aliphatic carbocycles. The Morgan fingerprint density at radius 1 is 0.870 bits per heavy atom. The van der Waals surface area contributed by atoms with E-state index < -0.39 is 0 Å². The molecule has 0 aromatic heterocycles. The number of fused-ring (bicyclic) bond motifs is 1. The third kappa shape index (κ3) is 2.15. The van der Waals surface area contributed by atoms with Gasteiger partial charge in [0.15, 0.2) is 0 Å². The number of allylic oxidation sites excluding steroid dienone is 2. The normalized spacial score (nSPS) is 19.8. The van der Waals surface area contributed by atoms with Gasteiger partial charge in [-0.3, -0.25) is 0 Å². The van der Waals surface area contributed by atoms with E-state index in [0.29, 0.717) is 0 Å². The number of hydrogen-bond donors (Lipinski definition) is 0. The van der Waals surface area contributed by atoms with E-state index in [-0.39, 0.29) is 0 Å². The monoisotopic (exact) mass is 299 g/mol. The molecule has 2 heterocycles. The van der Waals surface area contributed by atoms with Crippen LogP contribution < -0.4 is 4.90 Å². The zero-order valence-corrected chi connectivity index (χ0v) is 13.4.